The third kappa shape index (κ3) is 5.35. The van der Waals surface area contributed by atoms with Crippen molar-refractivity contribution >= 4 is 5.91 Å². The second-order valence-corrected chi connectivity index (χ2v) is 3.60. The average Bonchev–Trinajstić information content (AvgIpc) is 2.28. The molecule has 1 atom stereocenters. The van der Waals surface area contributed by atoms with Gasteiger partial charge in [-0.1, -0.05) is 6.42 Å². The fourth-order valence-corrected chi connectivity index (χ4v) is 1.55. The Morgan fingerprint density at radius 1 is 1.60 bits per heavy atom. The third-order valence-electron chi connectivity index (χ3n) is 2.33. The predicted molar refractivity (Wildman–Crippen MR) is 55.1 cm³/mol. The van der Waals surface area contributed by atoms with E-state index in [1.165, 1.54) is 12.8 Å². The lowest BCUT2D eigenvalue weighted by Crippen LogP contribution is -2.38. The van der Waals surface area contributed by atoms with Crippen LogP contribution in [0, 0.1) is 11.3 Å². The van der Waals surface area contributed by atoms with Gasteiger partial charge in [-0.25, -0.2) is 0 Å². The molecule has 1 rings (SSSR count). The Kier molecular flexibility index (Phi) is 5.74. The van der Waals surface area contributed by atoms with Crippen LogP contribution < -0.4 is 10.6 Å². The van der Waals surface area contributed by atoms with Gasteiger partial charge >= 0.3 is 0 Å². The van der Waals surface area contributed by atoms with Gasteiger partial charge in [0.1, 0.15) is 13.2 Å². The molecule has 0 saturated carbocycles. The number of nitriles is 1. The molecule has 1 unspecified atom stereocenters. The quantitative estimate of drug-likeness (QED) is 0.617. The van der Waals surface area contributed by atoms with Gasteiger partial charge < -0.3 is 15.4 Å². The molecule has 1 amide bonds. The molecule has 2 N–H and O–H groups in total. The van der Waals surface area contributed by atoms with Gasteiger partial charge in [-0.15, -0.1) is 0 Å². The Morgan fingerprint density at radius 2 is 2.47 bits per heavy atom. The fraction of sp³-hybridized carbons (Fsp3) is 0.800. The Hall–Kier alpha value is -1.12. The third-order valence-corrected chi connectivity index (χ3v) is 2.33. The molecular formula is C10H17N3O2. The van der Waals surface area contributed by atoms with Crippen molar-refractivity contribution in [3.8, 4) is 6.07 Å². The Morgan fingerprint density at radius 3 is 3.13 bits per heavy atom. The van der Waals surface area contributed by atoms with Crippen molar-refractivity contribution < 1.29 is 9.53 Å². The van der Waals surface area contributed by atoms with Crippen LogP contribution in [0.5, 0.6) is 0 Å². The van der Waals surface area contributed by atoms with Crippen molar-refractivity contribution in [3.05, 3.63) is 0 Å². The molecule has 1 aliphatic rings. The maximum atomic E-state index is 11.0. The van der Waals surface area contributed by atoms with E-state index >= 15 is 0 Å². The Labute approximate surface area is 89.8 Å². The monoisotopic (exact) mass is 211 g/mol. The summed E-state index contributed by atoms with van der Waals surface area (Å²) in [5, 5.41) is 14.0. The van der Waals surface area contributed by atoms with E-state index in [0.29, 0.717) is 12.6 Å². The summed E-state index contributed by atoms with van der Waals surface area (Å²) in [4.78, 5) is 11.0. The van der Waals surface area contributed by atoms with Crippen molar-refractivity contribution in [1.82, 2.24) is 10.6 Å². The highest BCUT2D eigenvalue weighted by atomic mass is 16.5. The lowest BCUT2D eigenvalue weighted by molar-refractivity contribution is -0.125. The van der Waals surface area contributed by atoms with Gasteiger partial charge in [-0.3, -0.25) is 4.79 Å². The summed E-state index contributed by atoms with van der Waals surface area (Å²) < 4.78 is 5.25. The number of carbonyl (C=O) groups excluding carboxylic acids is 1. The first kappa shape index (κ1) is 12.0. The highest BCUT2D eigenvalue weighted by molar-refractivity contribution is 5.77. The van der Waals surface area contributed by atoms with E-state index in [-0.39, 0.29) is 19.1 Å². The van der Waals surface area contributed by atoms with Crippen LogP contribution in [0.2, 0.25) is 0 Å². The first-order chi connectivity index (χ1) is 7.33. The molecular weight excluding hydrogens is 194 g/mol. The van der Waals surface area contributed by atoms with Crippen LogP contribution in [0.4, 0.5) is 0 Å². The zero-order valence-corrected chi connectivity index (χ0v) is 8.79. The minimum absolute atomic E-state index is 0.0415. The summed E-state index contributed by atoms with van der Waals surface area (Å²) in [6, 6.07) is 2.22. The lowest BCUT2D eigenvalue weighted by atomic mass is 10.1. The molecule has 84 valence electrons. The minimum Gasteiger partial charge on any atom is -0.370 e. The molecule has 1 fully saturated rings. The van der Waals surface area contributed by atoms with Crippen LogP contribution in [0.15, 0.2) is 0 Å². The molecule has 0 bridgehead atoms. The van der Waals surface area contributed by atoms with Crippen molar-refractivity contribution in [3.63, 3.8) is 0 Å². The van der Waals surface area contributed by atoms with Gasteiger partial charge in [0.25, 0.3) is 0 Å². The Bertz CT molecular complexity index is 231. The van der Waals surface area contributed by atoms with E-state index in [4.69, 9.17) is 10.00 Å². The molecule has 1 aliphatic heterocycles. The zero-order valence-electron chi connectivity index (χ0n) is 8.79. The van der Waals surface area contributed by atoms with Crippen LogP contribution in [0.25, 0.3) is 0 Å². The van der Waals surface area contributed by atoms with Gasteiger partial charge in [0.05, 0.1) is 12.7 Å². The fourth-order valence-electron chi connectivity index (χ4n) is 1.55. The molecule has 0 radical (unpaired) electrons. The molecule has 0 aromatic carbocycles. The molecule has 0 aromatic heterocycles. The van der Waals surface area contributed by atoms with Gasteiger partial charge in [-0.05, 0) is 19.4 Å². The summed E-state index contributed by atoms with van der Waals surface area (Å²) >= 11 is 0. The normalized spacial score (nSPS) is 20.6. The second kappa shape index (κ2) is 7.21. The summed E-state index contributed by atoms with van der Waals surface area (Å²) in [7, 11) is 0. The standard InChI is InChI=1S/C10H17N3O2/c11-4-6-13-10(14)8-15-7-9-3-1-2-5-12-9/h9,12H,1-3,5-8H2,(H,13,14). The van der Waals surface area contributed by atoms with Gasteiger partial charge in [0, 0.05) is 6.04 Å². The minimum atomic E-state index is -0.229. The molecule has 0 aliphatic carbocycles. The highest BCUT2D eigenvalue weighted by Gasteiger charge is 2.12. The van der Waals surface area contributed by atoms with Crippen molar-refractivity contribution in [2.45, 2.75) is 25.3 Å². The van der Waals surface area contributed by atoms with E-state index in [0.717, 1.165) is 13.0 Å². The van der Waals surface area contributed by atoms with E-state index in [9.17, 15) is 4.79 Å². The lowest BCUT2D eigenvalue weighted by Gasteiger charge is -2.22. The number of carbonyl (C=O) groups is 1. The van der Waals surface area contributed by atoms with Crippen LogP contribution in [-0.2, 0) is 9.53 Å². The summed E-state index contributed by atoms with van der Waals surface area (Å²) in [5.74, 6) is -0.229. The topological polar surface area (TPSA) is 74.2 Å². The number of rotatable bonds is 5. The van der Waals surface area contributed by atoms with E-state index in [2.05, 4.69) is 10.6 Å². The number of amides is 1. The zero-order chi connectivity index (χ0) is 10.9. The van der Waals surface area contributed by atoms with Crippen molar-refractivity contribution in [2.75, 3.05) is 26.3 Å². The van der Waals surface area contributed by atoms with Crippen LogP contribution >= 0.6 is 0 Å². The predicted octanol–water partition coefficient (Wildman–Crippen LogP) is -0.215. The molecule has 1 saturated heterocycles. The van der Waals surface area contributed by atoms with E-state index in [1.54, 1.807) is 0 Å². The first-order valence-electron chi connectivity index (χ1n) is 5.27. The SMILES string of the molecule is N#CCNC(=O)COCC1CCCCN1. The summed E-state index contributed by atoms with van der Waals surface area (Å²) in [6.45, 7) is 1.69. The van der Waals surface area contributed by atoms with Gasteiger partial charge in [0.2, 0.25) is 5.91 Å². The van der Waals surface area contributed by atoms with Gasteiger partial charge in [-0.2, -0.15) is 5.26 Å². The van der Waals surface area contributed by atoms with Gasteiger partial charge in [0.15, 0.2) is 0 Å². The molecule has 15 heavy (non-hydrogen) atoms. The largest absolute Gasteiger partial charge is 0.370 e. The first-order valence-corrected chi connectivity index (χ1v) is 5.27. The number of piperidine rings is 1. The van der Waals surface area contributed by atoms with Crippen LogP contribution in [0.1, 0.15) is 19.3 Å². The molecule has 0 aromatic rings. The van der Waals surface area contributed by atoms with Crippen LogP contribution in [-0.4, -0.2) is 38.3 Å². The molecule has 5 heteroatoms. The number of nitrogens with one attached hydrogen (secondary N) is 2. The highest BCUT2D eigenvalue weighted by Crippen LogP contribution is 2.06. The van der Waals surface area contributed by atoms with E-state index < -0.39 is 0 Å². The van der Waals surface area contributed by atoms with Crippen LogP contribution in [0.3, 0.4) is 0 Å². The van der Waals surface area contributed by atoms with E-state index in [1.807, 2.05) is 6.07 Å². The molecule has 5 nitrogen and oxygen atoms in total. The summed E-state index contributed by atoms with van der Waals surface area (Å²) in [6.07, 6.45) is 3.56. The second-order valence-electron chi connectivity index (χ2n) is 3.60. The Balaban J connectivity index is 2.00. The smallest absolute Gasteiger partial charge is 0.246 e. The molecule has 0 spiro atoms. The van der Waals surface area contributed by atoms with Crippen molar-refractivity contribution in [1.29, 1.82) is 5.26 Å². The number of nitrogens with zero attached hydrogens (tertiary/aromatic N) is 1. The van der Waals surface area contributed by atoms with Crippen molar-refractivity contribution in [2.24, 2.45) is 0 Å². The maximum absolute atomic E-state index is 11.0. The number of ether oxygens (including phenoxy) is 1. The molecule has 1 heterocycles. The number of hydrogen-bond donors (Lipinski definition) is 2. The summed E-state index contributed by atoms with van der Waals surface area (Å²) in [5.41, 5.74) is 0. The number of hydrogen-bond acceptors (Lipinski definition) is 4. The average molecular weight is 211 g/mol. The maximum Gasteiger partial charge on any atom is 0.246 e.